The topological polar surface area (TPSA) is 66.8 Å². The maximum atomic E-state index is 11.7. The van der Waals surface area contributed by atoms with E-state index in [0.717, 1.165) is 27.5 Å². The van der Waals surface area contributed by atoms with Crippen LogP contribution >= 0.6 is 0 Å². The fraction of sp³-hybridized carbons (Fsp3) is 0.115. The first-order valence-corrected chi connectivity index (χ1v) is 9.71. The van der Waals surface area contributed by atoms with Gasteiger partial charge >= 0.3 is 5.97 Å². The van der Waals surface area contributed by atoms with Gasteiger partial charge < -0.3 is 14.9 Å². The third-order valence-electron chi connectivity index (χ3n) is 5.38. The van der Waals surface area contributed by atoms with Crippen LogP contribution in [0.2, 0.25) is 0 Å². The van der Waals surface area contributed by atoms with Crippen LogP contribution < -0.4 is 4.74 Å². The summed E-state index contributed by atoms with van der Waals surface area (Å²) < 4.78 is 6.04. The first-order chi connectivity index (χ1) is 14.4. The van der Waals surface area contributed by atoms with Gasteiger partial charge in [-0.1, -0.05) is 36.4 Å². The summed E-state index contributed by atoms with van der Waals surface area (Å²) in [5.41, 5.74) is 5.35. The van der Waals surface area contributed by atoms with Crippen LogP contribution in [-0.4, -0.2) is 16.2 Å². The van der Waals surface area contributed by atoms with Crippen molar-refractivity contribution in [3.8, 4) is 22.6 Å². The number of hydrogen-bond donors (Lipinski definition) is 2. The van der Waals surface area contributed by atoms with Gasteiger partial charge in [0.15, 0.2) is 0 Å². The van der Waals surface area contributed by atoms with E-state index in [1.54, 1.807) is 36.4 Å². The Bertz CT molecular complexity index is 1220. The Labute approximate surface area is 175 Å². The lowest BCUT2D eigenvalue weighted by atomic mass is 9.95. The van der Waals surface area contributed by atoms with Gasteiger partial charge in [-0.15, -0.1) is 0 Å². The molecule has 2 N–H and O–H groups in total. The lowest BCUT2D eigenvalue weighted by Gasteiger charge is -2.14. The van der Waals surface area contributed by atoms with Crippen molar-refractivity contribution >= 4 is 16.7 Å². The second-order valence-electron chi connectivity index (χ2n) is 7.42. The van der Waals surface area contributed by atoms with Gasteiger partial charge in [0.2, 0.25) is 0 Å². The third kappa shape index (κ3) is 3.85. The molecule has 0 spiro atoms. The maximum Gasteiger partial charge on any atom is 0.335 e. The Hall–Kier alpha value is -3.79. The van der Waals surface area contributed by atoms with Crippen LogP contribution in [0.4, 0.5) is 0 Å². The largest absolute Gasteiger partial charge is 0.508 e. The van der Waals surface area contributed by atoms with E-state index < -0.39 is 5.97 Å². The van der Waals surface area contributed by atoms with E-state index >= 15 is 0 Å². The number of rotatable bonds is 5. The zero-order valence-corrected chi connectivity index (χ0v) is 16.8. The molecule has 4 nitrogen and oxygen atoms in total. The van der Waals surface area contributed by atoms with Gasteiger partial charge in [-0.25, -0.2) is 4.79 Å². The average Bonchev–Trinajstić information content (AvgIpc) is 2.73. The second-order valence-corrected chi connectivity index (χ2v) is 7.42. The van der Waals surface area contributed by atoms with Crippen molar-refractivity contribution < 1.29 is 19.7 Å². The fourth-order valence-corrected chi connectivity index (χ4v) is 3.67. The summed E-state index contributed by atoms with van der Waals surface area (Å²) >= 11 is 0. The Morgan fingerprint density at radius 3 is 2.27 bits per heavy atom. The zero-order chi connectivity index (χ0) is 21.3. The van der Waals surface area contributed by atoms with Crippen molar-refractivity contribution in [2.24, 2.45) is 0 Å². The number of carboxylic acid groups (broad SMARTS) is 1. The lowest BCUT2D eigenvalue weighted by Crippen LogP contribution is -2.01. The Kier molecular flexibility index (Phi) is 5.15. The molecular weight excluding hydrogens is 376 g/mol. The SMILES string of the molecule is Cc1cccc(C)c1COc1ccc2c(-c3ccc(O)cc3)cc(C(=O)O)cc2c1. The number of carboxylic acids is 1. The smallest absolute Gasteiger partial charge is 0.335 e. The minimum absolute atomic E-state index is 0.166. The summed E-state index contributed by atoms with van der Waals surface area (Å²) in [7, 11) is 0. The summed E-state index contributed by atoms with van der Waals surface area (Å²) in [6.45, 7) is 4.58. The molecule has 0 fully saturated rings. The highest BCUT2D eigenvalue weighted by molar-refractivity contribution is 6.03. The molecule has 4 heteroatoms. The first-order valence-electron chi connectivity index (χ1n) is 9.71. The molecule has 4 rings (SSSR count). The fourth-order valence-electron chi connectivity index (χ4n) is 3.67. The second kappa shape index (κ2) is 7.91. The van der Waals surface area contributed by atoms with E-state index in [0.29, 0.717) is 12.4 Å². The highest BCUT2D eigenvalue weighted by atomic mass is 16.5. The summed E-state index contributed by atoms with van der Waals surface area (Å²) in [5, 5.41) is 20.9. The average molecular weight is 398 g/mol. The number of phenols is 1. The molecule has 0 aliphatic rings. The highest BCUT2D eigenvalue weighted by Gasteiger charge is 2.12. The number of fused-ring (bicyclic) bond motifs is 1. The van der Waals surface area contributed by atoms with Gasteiger partial charge in [0.25, 0.3) is 0 Å². The van der Waals surface area contributed by atoms with Crippen molar-refractivity contribution in [3.05, 3.63) is 95.1 Å². The van der Waals surface area contributed by atoms with Crippen molar-refractivity contribution in [2.45, 2.75) is 20.5 Å². The molecule has 0 amide bonds. The number of benzene rings is 4. The van der Waals surface area contributed by atoms with E-state index in [9.17, 15) is 15.0 Å². The summed E-state index contributed by atoms with van der Waals surface area (Å²) in [6, 6.07) is 22.0. The third-order valence-corrected chi connectivity index (χ3v) is 5.38. The number of carbonyl (C=O) groups is 1. The summed E-state index contributed by atoms with van der Waals surface area (Å²) in [5.74, 6) is -0.136. The molecule has 0 aromatic heterocycles. The van der Waals surface area contributed by atoms with Crippen molar-refractivity contribution in [1.29, 1.82) is 0 Å². The van der Waals surface area contributed by atoms with Gasteiger partial charge in [-0.05, 0) is 88.8 Å². The molecule has 0 aliphatic heterocycles. The standard InChI is InChI=1S/C26H22O4/c1-16-4-3-5-17(2)25(16)15-30-22-10-11-23-19(13-22)12-20(26(28)29)14-24(23)18-6-8-21(27)9-7-18/h3-14,27H,15H2,1-2H3,(H,28,29). The molecular formula is C26H22O4. The molecule has 0 bridgehead atoms. The van der Waals surface area contributed by atoms with Crippen LogP contribution in [0.25, 0.3) is 21.9 Å². The normalized spacial score (nSPS) is 10.9. The van der Waals surface area contributed by atoms with Gasteiger partial charge in [0, 0.05) is 0 Å². The van der Waals surface area contributed by atoms with Crippen LogP contribution in [0.1, 0.15) is 27.0 Å². The number of aromatic carboxylic acids is 1. The van der Waals surface area contributed by atoms with Crippen LogP contribution in [0.5, 0.6) is 11.5 Å². The Balaban J connectivity index is 1.75. The first kappa shape index (κ1) is 19.5. The molecule has 0 unspecified atom stereocenters. The van der Waals surface area contributed by atoms with Crippen LogP contribution in [-0.2, 0) is 6.61 Å². The van der Waals surface area contributed by atoms with Crippen molar-refractivity contribution in [3.63, 3.8) is 0 Å². The predicted octanol–water partition coefficient (Wildman–Crippen LogP) is 6.11. The molecule has 150 valence electrons. The molecule has 0 saturated carbocycles. The number of aromatic hydroxyl groups is 1. The summed E-state index contributed by atoms with van der Waals surface area (Å²) in [6.07, 6.45) is 0. The number of phenolic OH excluding ortho intramolecular Hbond substituents is 1. The number of aryl methyl sites for hydroxylation is 2. The minimum atomic E-state index is -0.987. The molecule has 0 radical (unpaired) electrons. The molecule has 4 aromatic carbocycles. The molecule has 30 heavy (non-hydrogen) atoms. The molecule has 0 heterocycles. The van der Waals surface area contributed by atoms with Gasteiger partial charge in [-0.3, -0.25) is 0 Å². The van der Waals surface area contributed by atoms with E-state index in [1.807, 2.05) is 24.3 Å². The predicted molar refractivity (Wildman–Crippen MR) is 118 cm³/mol. The monoisotopic (exact) mass is 398 g/mol. The van der Waals surface area contributed by atoms with Crippen LogP contribution in [0.15, 0.2) is 72.8 Å². The molecule has 0 atom stereocenters. The molecule has 0 saturated heterocycles. The Morgan fingerprint density at radius 1 is 0.900 bits per heavy atom. The van der Waals surface area contributed by atoms with E-state index in [2.05, 4.69) is 26.0 Å². The highest BCUT2D eigenvalue weighted by Crippen LogP contribution is 2.33. The lowest BCUT2D eigenvalue weighted by molar-refractivity contribution is 0.0697. The number of hydrogen-bond acceptors (Lipinski definition) is 3. The summed E-state index contributed by atoms with van der Waals surface area (Å²) in [4.78, 5) is 11.7. The van der Waals surface area contributed by atoms with E-state index in [-0.39, 0.29) is 11.3 Å². The van der Waals surface area contributed by atoms with Crippen LogP contribution in [0, 0.1) is 13.8 Å². The van der Waals surface area contributed by atoms with Gasteiger partial charge in [-0.2, -0.15) is 0 Å². The zero-order valence-electron chi connectivity index (χ0n) is 16.8. The van der Waals surface area contributed by atoms with Gasteiger partial charge in [0.05, 0.1) is 5.56 Å². The van der Waals surface area contributed by atoms with E-state index in [4.69, 9.17) is 4.74 Å². The Morgan fingerprint density at radius 2 is 1.60 bits per heavy atom. The molecule has 0 aliphatic carbocycles. The van der Waals surface area contributed by atoms with Crippen molar-refractivity contribution in [1.82, 2.24) is 0 Å². The van der Waals surface area contributed by atoms with E-state index in [1.165, 1.54) is 11.1 Å². The quantitative estimate of drug-likeness (QED) is 0.426. The number of ether oxygens (including phenoxy) is 1. The van der Waals surface area contributed by atoms with Gasteiger partial charge in [0.1, 0.15) is 18.1 Å². The minimum Gasteiger partial charge on any atom is -0.508 e. The van der Waals surface area contributed by atoms with Crippen LogP contribution in [0.3, 0.4) is 0 Å². The maximum absolute atomic E-state index is 11.7. The van der Waals surface area contributed by atoms with Crippen molar-refractivity contribution in [2.75, 3.05) is 0 Å². The molecule has 4 aromatic rings.